The first-order valence-corrected chi connectivity index (χ1v) is 21.0. The first-order chi connectivity index (χ1) is 30.3. The summed E-state index contributed by atoms with van der Waals surface area (Å²) in [6.45, 7) is 11.5. The van der Waals surface area contributed by atoms with Gasteiger partial charge in [-0.25, -0.2) is 19.7 Å². The molecule has 4 amide bonds. The summed E-state index contributed by atoms with van der Waals surface area (Å²) >= 11 is 0. The molecule has 326 valence electrons. The Kier molecular flexibility index (Phi) is 11.0. The van der Waals surface area contributed by atoms with Gasteiger partial charge in [-0.05, 0) is 94.6 Å². The van der Waals surface area contributed by atoms with Gasteiger partial charge in [-0.3, -0.25) is 24.6 Å². The highest BCUT2D eigenvalue weighted by atomic mass is 16.6. The van der Waals surface area contributed by atoms with Gasteiger partial charge in [-0.15, -0.1) is 5.10 Å². The number of ether oxygens (including phenoxy) is 2. The maximum Gasteiger partial charge on any atom is 0.415 e. The molecule has 0 aliphatic carbocycles. The highest BCUT2D eigenvalue weighted by Crippen LogP contribution is 2.40. The third kappa shape index (κ3) is 8.89. The molecule has 1 atom stereocenters. The molecule has 0 radical (unpaired) electrons. The summed E-state index contributed by atoms with van der Waals surface area (Å²) in [6, 6.07) is 14.5. The summed E-state index contributed by atoms with van der Waals surface area (Å²) in [5.41, 5.74) is 6.46. The Morgan fingerprint density at radius 3 is 2.38 bits per heavy atom. The molecule has 4 aliphatic heterocycles. The van der Waals surface area contributed by atoms with Crippen LogP contribution in [0.4, 0.5) is 39.5 Å². The SMILES string of the molecule is Cc1c(N2CCc3cnc(Nc4ccc(C(=O)N5CCN(c6nnc(-c7ccc(NC8CCC(=O)NC8=O)cc7)o6)CC5)cc4)nc3C2)cnc2c1N(C(=O)OC(C)(C)C)CCO2. The van der Waals surface area contributed by atoms with Gasteiger partial charge in [0.25, 0.3) is 5.91 Å². The molecule has 0 spiro atoms. The molecule has 5 aromatic rings. The second-order valence-electron chi connectivity index (χ2n) is 16.8. The number of imide groups is 1. The van der Waals surface area contributed by atoms with Crippen LogP contribution in [0.5, 0.6) is 5.88 Å². The molecule has 63 heavy (non-hydrogen) atoms. The van der Waals surface area contributed by atoms with Crippen molar-refractivity contribution in [2.75, 3.05) is 71.2 Å². The number of carbonyl (C=O) groups is 4. The number of benzene rings is 2. The number of amides is 4. The van der Waals surface area contributed by atoms with Crippen LogP contribution in [-0.4, -0.2) is 111 Å². The topological polar surface area (TPSA) is 213 Å². The minimum absolute atomic E-state index is 0.0729. The number of nitrogens with one attached hydrogen (secondary N) is 3. The lowest BCUT2D eigenvalue weighted by atomic mass is 10.0. The summed E-state index contributed by atoms with van der Waals surface area (Å²) in [5, 5.41) is 17.3. The number of aromatic nitrogens is 5. The van der Waals surface area contributed by atoms with Gasteiger partial charge in [-0.2, -0.15) is 0 Å². The van der Waals surface area contributed by atoms with Crippen LogP contribution in [0.15, 0.2) is 65.3 Å². The van der Waals surface area contributed by atoms with Gasteiger partial charge in [0.05, 0.1) is 30.7 Å². The predicted molar refractivity (Wildman–Crippen MR) is 232 cm³/mol. The highest BCUT2D eigenvalue weighted by Gasteiger charge is 2.33. The van der Waals surface area contributed by atoms with Crippen molar-refractivity contribution in [1.82, 2.24) is 35.4 Å². The van der Waals surface area contributed by atoms with E-state index in [-0.39, 0.29) is 17.7 Å². The van der Waals surface area contributed by atoms with Crippen LogP contribution >= 0.6 is 0 Å². The van der Waals surface area contributed by atoms with Crippen molar-refractivity contribution in [2.24, 2.45) is 0 Å². The molecule has 2 saturated heterocycles. The van der Waals surface area contributed by atoms with Crippen LogP contribution in [0, 0.1) is 6.92 Å². The van der Waals surface area contributed by atoms with Crippen molar-refractivity contribution in [3.63, 3.8) is 0 Å². The predicted octanol–water partition coefficient (Wildman–Crippen LogP) is 4.85. The monoisotopic (exact) mass is 856 g/mol. The molecule has 3 N–H and O–H groups in total. The van der Waals surface area contributed by atoms with Gasteiger partial charge in [0.15, 0.2) is 0 Å². The number of hydrogen-bond acceptors (Lipinski definition) is 16. The number of piperidine rings is 1. The summed E-state index contributed by atoms with van der Waals surface area (Å²) in [7, 11) is 0. The van der Waals surface area contributed by atoms with E-state index >= 15 is 0 Å². The molecule has 7 heterocycles. The van der Waals surface area contributed by atoms with Crippen LogP contribution in [-0.2, 0) is 27.3 Å². The Labute approximate surface area is 363 Å². The summed E-state index contributed by atoms with van der Waals surface area (Å²) < 4.78 is 17.5. The molecule has 19 heteroatoms. The van der Waals surface area contributed by atoms with E-state index in [9.17, 15) is 19.2 Å². The summed E-state index contributed by atoms with van der Waals surface area (Å²) in [4.78, 5) is 71.9. The summed E-state index contributed by atoms with van der Waals surface area (Å²) in [5.74, 6) is 0.550. The van der Waals surface area contributed by atoms with Crippen LogP contribution < -0.4 is 35.4 Å². The smallest absolute Gasteiger partial charge is 0.415 e. The van der Waals surface area contributed by atoms with E-state index < -0.39 is 17.7 Å². The lowest BCUT2D eigenvalue weighted by molar-refractivity contribution is -0.133. The Morgan fingerprint density at radius 2 is 1.63 bits per heavy atom. The molecular formula is C44H48N12O7. The van der Waals surface area contributed by atoms with Crippen molar-refractivity contribution < 1.29 is 33.1 Å². The largest absolute Gasteiger partial charge is 0.474 e. The molecule has 0 saturated carbocycles. The zero-order valence-electron chi connectivity index (χ0n) is 35.5. The molecular weight excluding hydrogens is 809 g/mol. The van der Waals surface area contributed by atoms with Crippen molar-refractivity contribution in [2.45, 2.75) is 65.1 Å². The molecule has 2 aromatic carbocycles. The summed E-state index contributed by atoms with van der Waals surface area (Å²) in [6.07, 6.45) is 4.69. The van der Waals surface area contributed by atoms with Crippen LogP contribution in [0.3, 0.4) is 0 Å². The van der Waals surface area contributed by atoms with E-state index in [2.05, 4.69) is 41.0 Å². The first-order valence-electron chi connectivity index (χ1n) is 21.0. The number of nitrogens with zero attached hydrogens (tertiary/aromatic N) is 9. The van der Waals surface area contributed by atoms with Crippen molar-refractivity contribution in [3.05, 3.63) is 83.3 Å². The highest BCUT2D eigenvalue weighted by molar-refractivity contribution is 6.01. The number of piperazine rings is 1. The standard InChI is InChI=1S/C44H48N12O7/c1-26-34(24-45-39-36(26)56(21-22-61-39)43(60)63-44(2,3)4)55-16-15-29-23-46-41(49-33(29)25-55)48-31-11-7-28(8-12-31)40(59)53-17-19-54(20-18-53)42-52-51-38(62-42)27-5-9-30(10-6-27)47-32-13-14-35(57)50-37(32)58/h5-12,23-24,32,47H,13-22,25H2,1-4H3,(H,46,48,49)(H,50,57,58). The fraction of sp³-hybridized carbons (Fsp3) is 0.386. The van der Waals surface area contributed by atoms with Crippen LogP contribution in [0.25, 0.3) is 11.5 Å². The van der Waals surface area contributed by atoms with Gasteiger partial charge in [0.1, 0.15) is 23.9 Å². The van der Waals surface area contributed by atoms with Gasteiger partial charge in [0, 0.05) is 73.4 Å². The van der Waals surface area contributed by atoms with E-state index in [0.717, 1.165) is 52.4 Å². The Morgan fingerprint density at radius 1 is 0.873 bits per heavy atom. The zero-order valence-corrected chi connectivity index (χ0v) is 35.5. The lowest BCUT2D eigenvalue weighted by Crippen LogP contribution is -2.48. The van der Waals surface area contributed by atoms with Crippen molar-refractivity contribution in [3.8, 4) is 17.3 Å². The second kappa shape index (κ2) is 16.9. The molecule has 19 nitrogen and oxygen atoms in total. The zero-order chi connectivity index (χ0) is 43.8. The Hall–Kier alpha value is -7.31. The van der Waals surface area contributed by atoms with Gasteiger partial charge >= 0.3 is 12.1 Å². The average Bonchev–Trinajstić information content (AvgIpc) is 3.77. The normalized spacial score (nSPS) is 17.6. The fourth-order valence-electron chi connectivity index (χ4n) is 8.03. The number of hydrogen-bond donors (Lipinski definition) is 3. The molecule has 4 aliphatic rings. The molecule has 9 rings (SSSR count). The third-order valence-corrected chi connectivity index (χ3v) is 11.3. The van der Waals surface area contributed by atoms with Crippen LogP contribution in [0.1, 0.15) is 60.8 Å². The first kappa shape index (κ1) is 41.1. The lowest BCUT2D eigenvalue weighted by Gasteiger charge is -2.35. The maximum atomic E-state index is 13.5. The quantitative estimate of drug-likeness (QED) is 0.178. The third-order valence-electron chi connectivity index (χ3n) is 11.3. The van der Waals surface area contributed by atoms with Gasteiger partial charge in [0.2, 0.25) is 29.5 Å². The Balaban J connectivity index is 0.783. The van der Waals surface area contributed by atoms with E-state index in [0.29, 0.717) is 93.7 Å². The van der Waals surface area contributed by atoms with Crippen LogP contribution in [0.2, 0.25) is 0 Å². The van der Waals surface area contributed by atoms with Crippen molar-refractivity contribution >= 4 is 58.5 Å². The van der Waals surface area contributed by atoms with Crippen molar-refractivity contribution in [1.29, 1.82) is 0 Å². The second-order valence-corrected chi connectivity index (χ2v) is 16.8. The molecule has 0 bridgehead atoms. The fourth-order valence-corrected chi connectivity index (χ4v) is 8.03. The van der Waals surface area contributed by atoms with E-state index in [1.165, 1.54) is 0 Å². The number of fused-ring (bicyclic) bond motifs is 2. The average molecular weight is 857 g/mol. The molecule has 1 unspecified atom stereocenters. The Bertz CT molecular complexity index is 2550. The number of rotatable bonds is 8. The molecule has 3 aromatic heterocycles. The number of anilines is 6. The van der Waals surface area contributed by atoms with E-state index in [1.54, 1.807) is 23.2 Å². The molecule has 2 fully saturated rings. The number of carbonyl (C=O) groups excluding carboxylic acids is 4. The maximum absolute atomic E-state index is 13.5. The van der Waals surface area contributed by atoms with E-state index in [4.69, 9.17) is 18.9 Å². The van der Waals surface area contributed by atoms with Gasteiger partial charge in [-0.1, -0.05) is 5.10 Å². The van der Waals surface area contributed by atoms with Gasteiger partial charge < -0.3 is 39.2 Å². The number of pyridine rings is 1. The minimum Gasteiger partial charge on any atom is -0.474 e. The van der Waals surface area contributed by atoms with E-state index in [1.807, 2.05) is 80.1 Å². The minimum atomic E-state index is -0.639.